The fourth-order valence-electron chi connectivity index (χ4n) is 4.55. The number of hydrogen-bond donors (Lipinski definition) is 1. The maximum Gasteiger partial charge on any atom is 0.265 e. The van der Waals surface area contributed by atoms with Gasteiger partial charge in [0.15, 0.2) is 0 Å². The van der Waals surface area contributed by atoms with Crippen molar-refractivity contribution in [3.05, 3.63) is 47.7 Å². The van der Waals surface area contributed by atoms with Crippen molar-refractivity contribution in [2.45, 2.75) is 69.7 Å². The van der Waals surface area contributed by atoms with Crippen molar-refractivity contribution >= 4 is 23.7 Å². The first kappa shape index (κ1) is 22.0. The summed E-state index contributed by atoms with van der Waals surface area (Å²) in [5, 5.41) is 0. The Hall–Kier alpha value is -2.21. The van der Waals surface area contributed by atoms with E-state index in [0.29, 0.717) is 18.1 Å². The van der Waals surface area contributed by atoms with Gasteiger partial charge < -0.3 is 9.64 Å². The predicted octanol–water partition coefficient (Wildman–Crippen LogP) is 5.59. The lowest BCUT2D eigenvalue weighted by Crippen LogP contribution is -2.40. The second-order valence-corrected chi connectivity index (χ2v) is 11.2. The van der Waals surface area contributed by atoms with Crippen LogP contribution in [-0.2, 0) is 5.41 Å². The molecule has 1 aromatic carbocycles. The van der Waals surface area contributed by atoms with Crippen LogP contribution in [-0.4, -0.2) is 29.6 Å². The molecule has 2 aliphatic heterocycles. The SMILES string of the molecule is CC(C)(C)c1ccc2c(n1)N1CC(CCCOc3cccc(c3)SNC2=O)CC1(C)C. The monoisotopic (exact) mass is 439 g/mol. The van der Waals surface area contributed by atoms with E-state index in [1.807, 2.05) is 36.4 Å². The highest BCUT2D eigenvalue weighted by atomic mass is 32.2. The summed E-state index contributed by atoms with van der Waals surface area (Å²) in [5.41, 5.74) is 1.50. The molecule has 5 nitrogen and oxygen atoms in total. The number of ether oxygens (including phenoxy) is 1. The van der Waals surface area contributed by atoms with Crippen LogP contribution < -0.4 is 14.4 Å². The molecule has 1 fully saturated rings. The number of nitrogens with zero attached hydrogens (tertiary/aromatic N) is 2. The first-order valence-corrected chi connectivity index (χ1v) is 11.9. The summed E-state index contributed by atoms with van der Waals surface area (Å²) in [6, 6.07) is 11.8. The molecule has 4 rings (SSSR count). The van der Waals surface area contributed by atoms with E-state index in [1.54, 1.807) is 0 Å². The molecule has 0 aliphatic carbocycles. The lowest BCUT2D eigenvalue weighted by Gasteiger charge is -2.34. The van der Waals surface area contributed by atoms with Crippen molar-refractivity contribution in [2.75, 3.05) is 18.1 Å². The van der Waals surface area contributed by atoms with Gasteiger partial charge >= 0.3 is 0 Å². The molecule has 0 spiro atoms. The fraction of sp³-hybridized carbons (Fsp3) is 0.520. The van der Waals surface area contributed by atoms with Crippen molar-refractivity contribution in [2.24, 2.45) is 5.92 Å². The van der Waals surface area contributed by atoms with Gasteiger partial charge in [0, 0.05) is 28.1 Å². The van der Waals surface area contributed by atoms with Crippen LogP contribution >= 0.6 is 11.9 Å². The van der Waals surface area contributed by atoms with E-state index in [4.69, 9.17) is 9.72 Å². The van der Waals surface area contributed by atoms with Gasteiger partial charge in [-0.15, -0.1) is 0 Å². The Balaban J connectivity index is 1.75. The van der Waals surface area contributed by atoms with Gasteiger partial charge in [-0.05, 0) is 81.3 Å². The Bertz CT molecular complexity index is 967. The van der Waals surface area contributed by atoms with Crippen LogP contribution in [0.25, 0.3) is 0 Å². The second-order valence-electron chi connectivity index (χ2n) is 10.3. The zero-order chi connectivity index (χ0) is 22.2. The van der Waals surface area contributed by atoms with Gasteiger partial charge in [-0.25, -0.2) is 4.98 Å². The van der Waals surface area contributed by atoms with E-state index in [-0.39, 0.29) is 16.9 Å². The molecular weight excluding hydrogens is 406 g/mol. The first-order valence-electron chi connectivity index (χ1n) is 11.1. The molecule has 166 valence electrons. The predicted molar refractivity (Wildman–Crippen MR) is 127 cm³/mol. The number of fused-ring (bicyclic) bond motifs is 6. The van der Waals surface area contributed by atoms with Crippen LogP contribution in [0.1, 0.15) is 69.9 Å². The van der Waals surface area contributed by atoms with Gasteiger partial charge in [-0.1, -0.05) is 26.8 Å². The molecule has 1 unspecified atom stereocenters. The minimum atomic E-state index is -0.117. The normalized spacial score (nSPS) is 21.4. The molecule has 0 radical (unpaired) electrons. The standard InChI is InChI=1S/C25H33N3O2S/c1-24(2,3)21-12-11-20-22(26-21)28-16-17(15-25(28,4)5)8-7-13-30-18-9-6-10-19(14-18)31-27-23(20)29/h6,9-12,14,17H,7-8,13,15-16H2,1-5H3,(H,27,29). The number of anilines is 1. The number of pyridine rings is 1. The molecule has 1 N–H and O–H groups in total. The first-order chi connectivity index (χ1) is 14.6. The maximum atomic E-state index is 13.3. The van der Waals surface area contributed by atoms with Gasteiger partial charge in [-0.3, -0.25) is 9.52 Å². The molecule has 1 amide bonds. The minimum absolute atomic E-state index is 0.0570. The quantitative estimate of drug-likeness (QED) is 0.542. The van der Waals surface area contributed by atoms with Gasteiger partial charge in [0.1, 0.15) is 11.6 Å². The Morgan fingerprint density at radius 3 is 2.81 bits per heavy atom. The van der Waals surface area contributed by atoms with Crippen molar-refractivity contribution in [3.8, 4) is 5.75 Å². The highest BCUT2D eigenvalue weighted by Crippen LogP contribution is 2.40. The summed E-state index contributed by atoms with van der Waals surface area (Å²) in [6.07, 6.45) is 3.21. The molecule has 0 saturated carbocycles. The number of aromatic nitrogens is 1. The number of carbonyl (C=O) groups is 1. The summed E-state index contributed by atoms with van der Waals surface area (Å²) in [6.45, 7) is 12.6. The van der Waals surface area contributed by atoms with Crippen LogP contribution in [0.15, 0.2) is 41.3 Å². The van der Waals surface area contributed by atoms with Crippen molar-refractivity contribution in [1.82, 2.24) is 9.71 Å². The second kappa shape index (κ2) is 8.38. The molecule has 1 aromatic heterocycles. The minimum Gasteiger partial charge on any atom is -0.494 e. The average molecular weight is 440 g/mol. The fourth-order valence-corrected chi connectivity index (χ4v) is 5.19. The number of rotatable bonds is 0. The molecule has 1 saturated heterocycles. The van der Waals surface area contributed by atoms with E-state index in [0.717, 1.165) is 48.0 Å². The van der Waals surface area contributed by atoms with E-state index in [1.165, 1.54) is 11.9 Å². The van der Waals surface area contributed by atoms with E-state index in [2.05, 4.69) is 44.2 Å². The van der Waals surface area contributed by atoms with Gasteiger partial charge in [0.05, 0.1) is 12.2 Å². The van der Waals surface area contributed by atoms with Gasteiger partial charge in [0.25, 0.3) is 5.91 Å². The number of benzene rings is 1. The van der Waals surface area contributed by atoms with Gasteiger partial charge in [0.2, 0.25) is 0 Å². The van der Waals surface area contributed by atoms with Crippen LogP contribution in [0, 0.1) is 5.92 Å². The lowest BCUT2D eigenvalue weighted by molar-refractivity contribution is 0.0984. The maximum absolute atomic E-state index is 13.3. The number of amides is 1. The van der Waals surface area contributed by atoms with Crippen LogP contribution in [0.4, 0.5) is 5.82 Å². The van der Waals surface area contributed by atoms with E-state index >= 15 is 0 Å². The highest BCUT2D eigenvalue weighted by molar-refractivity contribution is 7.98. The van der Waals surface area contributed by atoms with Crippen molar-refractivity contribution in [1.29, 1.82) is 0 Å². The Kier molecular flexibility index (Phi) is 5.95. The Morgan fingerprint density at radius 1 is 1.23 bits per heavy atom. The average Bonchev–Trinajstić information content (AvgIpc) is 3.02. The van der Waals surface area contributed by atoms with E-state index in [9.17, 15) is 4.79 Å². The molecule has 2 aliphatic rings. The molecule has 4 bridgehead atoms. The van der Waals surface area contributed by atoms with Gasteiger partial charge in [-0.2, -0.15) is 0 Å². The molecule has 1 atom stereocenters. The van der Waals surface area contributed by atoms with Crippen molar-refractivity contribution in [3.63, 3.8) is 0 Å². The highest BCUT2D eigenvalue weighted by Gasteiger charge is 2.40. The summed E-state index contributed by atoms with van der Waals surface area (Å²) in [5.74, 6) is 2.09. The third kappa shape index (κ3) is 4.84. The summed E-state index contributed by atoms with van der Waals surface area (Å²) < 4.78 is 8.99. The van der Waals surface area contributed by atoms with Crippen LogP contribution in [0.3, 0.4) is 0 Å². The summed E-state index contributed by atoms with van der Waals surface area (Å²) in [7, 11) is 0. The Morgan fingerprint density at radius 2 is 2.03 bits per heavy atom. The van der Waals surface area contributed by atoms with Crippen molar-refractivity contribution < 1.29 is 9.53 Å². The summed E-state index contributed by atoms with van der Waals surface area (Å²) in [4.78, 5) is 21.6. The van der Waals surface area contributed by atoms with Crippen LogP contribution in [0.2, 0.25) is 0 Å². The number of carbonyl (C=O) groups excluding carboxylic acids is 1. The zero-order valence-electron chi connectivity index (χ0n) is 19.2. The number of hydrogen-bond acceptors (Lipinski definition) is 5. The largest absolute Gasteiger partial charge is 0.494 e. The van der Waals surface area contributed by atoms with Crippen LogP contribution in [0.5, 0.6) is 5.75 Å². The molecule has 6 heteroatoms. The third-order valence-electron chi connectivity index (χ3n) is 6.20. The van der Waals surface area contributed by atoms with E-state index < -0.39 is 0 Å². The zero-order valence-corrected chi connectivity index (χ0v) is 20.0. The topological polar surface area (TPSA) is 54.5 Å². The molecule has 31 heavy (non-hydrogen) atoms. The molecular formula is C25H33N3O2S. The molecule has 3 heterocycles. The number of nitrogens with one attached hydrogen (secondary N) is 1. The smallest absolute Gasteiger partial charge is 0.265 e. The summed E-state index contributed by atoms with van der Waals surface area (Å²) >= 11 is 1.32. The molecule has 2 aromatic rings. The third-order valence-corrected chi connectivity index (χ3v) is 6.97. The Labute approximate surface area is 190 Å². The lowest BCUT2D eigenvalue weighted by atomic mass is 9.91.